The van der Waals surface area contributed by atoms with Crippen molar-refractivity contribution in [2.75, 3.05) is 13.1 Å². The molecule has 0 unspecified atom stereocenters. The van der Waals surface area contributed by atoms with Crippen molar-refractivity contribution in [2.45, 2.75) is 39.5 Å². The molecular weight excluding hydrogens is 152 g/mol. The Hall–Kier alpha value is -0.730. The molecule has 0 aliphatic rings. The van der Waals surface area contributed by atoms with Gasteiger partial charge in [0.15, 0.2) is 0 Å². The van der Waals surface area contributed by atoms with Crippen LogP contribution in [0.3, 0.4) is 0 Å². The summed E-state index contributed by atoms with van der Waals surface area (Å²) in [5, 5.41) is 0. The molecule has 1 N–H and O–H groups in total. The molecule has 0 atom stereocenters. The first-order chi connectivity index (χ1) is 5.72. The predicted octanol–water partition coefficient (Wildman–Crippen LogP) is 2.29. The summed E-state index contributed by atoms with van der Waals surface area (Å²) in [5.74, 6) is 0. The van der Waals surface area contributed by atoms with Gasteiger partial charge in [-0.3, -0.25) is 0 Å². The van der Waals surface area contributed by atoms with Gasteiger partial charge in [0.2, 0.25) is 0 Å². The molecule has 0 spiro atoms. The molecule has 0 aromatic rings. The van der Waals surface area contributed by atoms with Crippen LogP contribution in [0.4, 0.5) is 4.79 Å². The second-order valence-electron chi connectivity index (χ2n) is 3.00. The molecule has 0 aliphatic heterocycles. The van der Waals surface area contributed by atoms with Gasteiger partial charge in [0.25, 0.3) is 0 Å². The van der Waals surface area contributed by atoms with Crippen LogP contribution in [0.15, 0.2) is 0 Å². The van der Waals surface area contributed by atoms with Gasteiger partial charge in [-0.1, -0.05) is 26.7 Å². The first-order valence-corrected chi connectivity index (χ1v) is 4.72. The van der Waals surface area contributed by atoms with Crippen LogP contribution in [-0.2, 0) is 0 Å². The molecule has 1 radical (unpaired) electrons. The average Bonchev–Trinajstić information content (AvgIpc) is 2.04. The summed E-state index contributed by atoms with van der Waals surface area (Å²) in [5.41, 5.74) is 6.98. The second-order valence-corrected chi connectivity index (χ2v) is 3.00. The van der Waals surface area contributed by atoms with Crippen molar-refractivity contribution in [3.8, 4) is 0 Å². The SMILES string of the molecule is CCCCN(CCCC)C([NH])=O. The Balaban J connectivity index is 3.62. The lowest BCUT2D eigenvalue weighted by Crippen LogP contribution is -2.32. The summed E-state index contributed by atoms with van der Waals surface area (Å²) in [7, 11) is 0. The van der Waals surface area contributed by atoms with Crippen molar-refractivity contribution in [3.05, 3.63) is 0 Å². The molecule has 0 aromatic heterocycles. The molecule has 0 fully saturated rings. The summed E-state index contributed by atoms with van der Waals surface area (Å²) in [6.07, 6.45) is 4.18. The first-order valence-electron chi connectivity index (χ1n) is 4.72. The van der Waals surface area contributed by atoms with E-state index in [4.69, 9.17) is 5.73 Å². The monoisotopic (exact) mass is 171 g/mol. The molecule has 2 amide bonds. The number of urea groups is 1. The summed E-state index contributed by atoms with van der Waals surface area (Å²) >= 11 is 0. The second kappa shape index (κ2) is 6.95. The number of nitrogens with zero attached hydrogens (tertiary/aromatic N) is 1. The highest BCUT2D eigenvalue weighted by Gasteiger charge is 2.07. The Bertz CT molecular complexity index is 118. The van der Waals surface area contributed by atoms with E-state index in [-0.39, 0.29) is 0 Å². The van der Waals surface area contributed by atoms with E-state index in [1.165, 1.54) is 0 Å². The van der Waals surface area contributed by atoms with E-state index in [1.54, 1.807) is 4.90 Å². The molecule has 12 heavy (non-hydrogen) atoms. The van der Waals surface area contributed by atoms with Crippen LogP contribution >= 0.6 is 0 Å². The number of hydrogen-bond acceptors (Lipinski definition) is 1. The van der Waals surface area contributed by atoms with E-state index in [1.807, 2.05) is 0 Å². The van der Waals surface area contributed by atoms with Gasteiger partial charge in [-0.2, -0.15) is 0 Å². The number of carbonyl (C=O) groups is 1. The Labute approximate surface area is 74.9 Å². The number of carbonyl (C=O) groups excluding carboxylic acids is 1. The molecule has 3 heteroatoms. The van der Waals surface area contributed by atoms with Crippen molar-refractivity contribution < 1.29 is 4.79 Å². The van der Waals surface area contributed by atoms with Gasteiger partial charge >= 0.3 is 6.03 Å². The third-order valence-electron chi connectivity index (χ3n) is 1.85. The molecular formula is C9H19N2O. The van der Waals surface area contributed by atoms with Crippen molar-refractivity contribution >= 4 is 6.03 Å². The van der Waals surface area contributed by atoms with Gasteiger partial charge < -0.3 is 4.90 Å². The van der Waals surface area contributed by atoms with Crippen molar-refractivity contribution in [2.24, 2.45) is 0 Å². The molecule has 0 heterocycles. The van der Waals surface area contributed by atoms with Crippen LogP contribution in [0, 0.1) is 0 Å². The van der Waals surface area contributed by atoms with E-state index < -0.39 is 6.03 Å². The van der Waals surface area contributed by atoms with Gasteiger partial charge in [0.1, 0.15) is 0 Å². The molecule has 0 bridgehead atoms. The van der Waals surface area contributed by atoms with Crippen molar-refractivity contribution in [1.29, 1.82) is 0 Å². The molecule has 0 aromatic carbocycles. The summed E-state index contributed by atoms with van der Waals surface area (Å²) < 4.78 is 0. The minimum Gasteiger partial charge on any atom is -0.323 e. The van der Waals surface area contributed by atoms with Crippen LogP contribution in [0.5, 0.6) is 0 Å². The normalized spacial score (nSPS) is 9.83. The van der Waals surface area contributed by atoms with Crippen molar-refractivity contribution in [3.63, 3.8) is 0 Å². The lowest BCUT2D eigenvalue weighted by Gasteiger charge is -2.18. The smallest absolute Gasteiger partial charge is 0.323 e. The zero-order chi connectivity index (χ0) is 9.40. The standard InChI is InChI=1S/C9H19N2O/c1-3-5-7-11(9(10)12)8-6-4-2/h10H,3-8H2,1-2H3. The Morgan fingerprint density at radius 1 is 1.17 bits per heavy atom. The van der Waals surface area contributed by atoms with E-state index in [2.05, 4.69) is 13.8 Å². The fraction of sp³-hybridized carbons (Fsp3) is 0.889. The highest BCUT2D eigenvalue weighted by Crippen LogP contribution is 1.98. The average molecular weight is 171 g/mol. The Morgan fingerprint density at radius 2 is 1.58 bits per heavy atom. The highest BCUT2D eigenvalue weighted by atomic mass is 16.2. The van der Waals surface area contributed by atoms with E-state index >= 15 is 0 Å². The van der Waals surface area contributed by atoms with Gasteiger partial charge in [0.05, 0.1) is 0 Å². The lowest BCUT2D eigenvalue weighted by molar-refractivity contribution is 0.204. The summed E-state index contributed by atoms with van der Waals surface area (Å²) in [6, 6.07) is -0.531. The zero-order valence-corrected chi connectivity index (χ0v) is 8.10. The van der Waals surface area contributed by atoms with Gasteiger partial charge in [-0.05, 0) is 12.8 Å². The molecule has 0 rings (SSSR count). The maximum atomic E-state index is 10.7. The maximum absolute atomic E-state index is 10.7. The quantitative estimate of drug-likeness (QED) is 0.604. The maximum Gasteiger partial charge on any atom is 0.336 e. The Morgan fingerprint density at radius 3 is 1.83 bits per heavy atom. The molecule has 71 valence electrons. The third-order valence-corrected chi connectivity index (χ3v) is 1.85. The Kier molecular flexibility index (Phi) is 6.53. The largest absolute Gasteiger partial charge is 0.336 e. The van der Waals surface area contributed by atoms with Crippen LogP contribution in [0.2, 0.25) is 0 Å². The number of unbranched alkanes of at least 4 members (excludes halogenated alkanes) is 2. The van der Waals surface area contributed by atoms with Gasteiger partial charge in [-0.15, -0.1) is 0 Å². The van der Waals surface area contributed by atoms with Crippen LogP contribution < -0.4 is 5.73 Å². The number of rotatable bonds is 6. The summed E-state index contributed by atoms with van der Waals surface area (Å²) in [4.78, 5) is 12.4. The van der Waals surface area contributed by atoms with Crippen LogP contribution in [0.1, 0.15) is 39.5 Å². The minimum absolute atomic E-state index is 0.531. The van der Waals surface area contributed by atoms with E-state index in [0.717, 1.165) is 38.8 Å². The summed E-state index contributed by atoms with van der Waals surface area (Å²) in [6.45, 7) is 5.68. The van der Waals surface area contributed by atoms with E-state index in [9.17, 15) is 4.79 Å². The number of amides is 2. The van der Waals surface area contributed by atoms with E-state index in [0.29, 0.717) is 0 Å². The predicted molar refractivity (Wildman–Crippen MR) is 49.9 cm³/mol. The van der Waals surface area contributed by atoms with Crippen LogP contribution in [-0.4, -0.2) is 24.0 Å². The fourth-order valence-electron chi connectivity index (χ4n) is 1.01. The molecule has 0 saturated heterocycles. The highest BCUT2D eigenvalue weighted by molar-refractivity contribution is 5.71. The molecule has 3 nitrogen and oxygen atoms in total. The topological polar surface area (TPSA) is 44.1 Å². The van der Waals surface area contributed by atoms with Crippen LogP contribution in [0.25, 0.3) is 0 Å². The zero-order valence-electron chi connectivity index (χ0n) is 8.10. The number of hydrogen-bond donors (Lipinski definition) is 0. The van der Waals surface area contributed by atoms with Crippen molar-refractivity contribution in [1.82, 2.24) is 10.6 Å². The number of nitrogens with one attached hydrogen (secondary N) is 1. The minimum atomic E-state index is -0.531. The van der Waals surface area contributed by atoms with Gasteiger partial charge in [0, 0.05) is 13.1 Å². The lowest BCUT2D eigenvalue weighted by atomic mass is 10.3. The van der Waals surface area contributed by atoms with Gasteiger partial charge in [-0.25, -0.2) is 10.5 Å². The molecule has 0 aliphatic carbocycles. The molecule has 0 saturated carbocycles. The fourth-order valence-corrected chi connectivity index (χ4v) is 1.01. The third kappa shape index (κ3) is 4.99. The first kappa shape index (κ1) is 11.3.